The number of fused-ring (bicyclic) bond motifs is 1. The third-order valence-electron chi connectivity index (χ3n) is 5.39. The van der Waals surface area contributed by atoms with Gasteiger partial charge < -0.3 is 15.5 Å². The molecule has 0 bridgehead atoms. The second-order valence-corrected chi connectivity index (χ2v) is 7.86. The van der Waals surface area contributed by atoms with Crippen LogP contribution in [0.4, 0.5) is 5.69 Å². The molecule has 1 aliphatic heterocycles. The topological polar surface area (TPSA) is 61.4 Å². The van der Waals surface area contributed by atoms with Gasteiger partial charge in [-0.15, -0.1) is 0 Å². The van der Waals surface area contributed by atoms with E-state index in [1.54, 1.807) is 0 Å². The van der Waals surface area contributed by atoms with Crippen molar-refractivity contribution in [2.75, 3.05) is 26.0 Å². The summed E-state index contributed by atoms with van der Waals surface area (Å²) in [5, 5.41) is 5.96. The smallest absolute Gasteiger partial charge is 0.228 e. The molecule has 2 N–H and O–H groups in total. The highest BCUT2D eigenvalue weighted by molar-refractivity contribution is 5.99. The van der Waals surface area contributed by atoms with Crippen LogP contribution in [-0.2, 0) is 22.4 Å². The highest BCUT2D eigenvalue weighted by Crippen LogP contribution is 2.24. The van der Waals surface area contributed by atoms with E-state index in [2.05, 4.69) is 46.7 Å². The molecule has 2 aromatic carbocycles. The van der Waals surface area contributed by atoms with Crippen molar-refractivity contribution in [1.82, 2.24) is 10.2 Å². The van der Waals surface area contributed by atoms with E-state index in [9.17, 15) is 9.59 Å². The highest BCUT2D eigenvalue weighted by atomic mass is 16.2. The summed E-state index contributed by atoms with van der Waals surface area (Å²) in [5.74, 6) is 0.323. The van der Waals surface area contributed by atoms with E-state index in [1.165, 1.54) is 11.1 Å². The number of nitrogens with zero attached hydrogens (tertiary/aromatic N) is 1. The van der Waals surface area contributed by atoms with Crippen LogP contribution in [0, 0.1) is 0 Å². The van der Waals surface area contributed by atoms with Gasteiger partial charge in [0.1, 0.15) is 0 Å². The Kier molecular flexibility index (Phi) is 6.47. The fourth-order valence-electron chi connectivity index (χ4n) is 3.60. The van der Waals surface area contributed by atoms with Crippen molar-refractivity contribution in [3.63, 3.8) is 0 Å². The number of rotatable bonds is 8. The van der Waals surface area contributed by atoms with Crippen LogP contribution in [0.2, 0.25) is 0 Å². The Morgan fingerprint density at radius 3 is 2.64 bits per heavy atom. The first-order valence-electron chi connectivity index (χ1n) is 9.82. The molecule has 3 rings (SSSR count). The lowest BCUT2D eigenvalue weighted by molar-refractivity contribution is -0.121. The molecule has 0 fully saturated rings. The molecule has 2 aromatic rings. The van der Waals surface area contributed by atoms with Crippen LogP contribution in [0.15, 0.2) is 48.5 Å². The largest absolute Gasteiger partial charge is 0.355 e. The van der Waals surface area contributed by atoms with Gasteiger partial charge in [0.15, 0.2) is 0 Å². The Bertz CT molecular complexity index is 833. The van der Waals surface area contributed by atoms with E-state index in [4.69, 9.17) is 0 Å². The van der Waals surface area contributed by atoms with Gasteiger partial charge >= 0.3 is 0 Å². The van der Waals surface area contributed by atoms with Crippen LogP contribution in [0.1, 0.15) is 36.0 Å². The summed E-state index contributed by atoms with van der Waals surface area (Å²) in [6.45, 7) is 2.68. The van der Waals surface area contributed by atoms with Gasteiger partial charge in [-0.05, 0) is 49.2 Å². The normalized spacial score (nSPS) is 15.1. The minimum Gasteiger partial charge on any atom is -0.355 e. The second kappa shape index (κ2) is 9.02. The Hall–Kier alpha value is -2.66. The van der Waals surface area contributed by atoms with E-state index in [0.717, 1.165) is 17.7 Å². The molecule has 0 saturated heterocycles. The zero-order chi connectivity index (χ0) is 20.1. The number of hydrogen-bond donors (Lipinski definition) is 2. The summed E-state index contributed by atoms with van der Waals surface area (Å²) in [7, 11) is 4.06. The molecular formula is C23H29N3O2. The van der Waals surface area contributed by atoms with Crippen LogP contribution in [0.3, 0.4) is 0 Å². The number of benzene rings is 2. The van der Waals surface area contributed by atoms with E-state index >= 15 is 0 Å². The van der Waals surface area contributed by atoms with Gasteiger partial charge in [0.25, 0.3) is 0 Å². The summed E-state index contributed by atoms with van der Waals surface area (Å²) in [6.07, 6.45) is 1.75. The fraction of sp³-hybridized carbons (Fsp3) is 0.391. The highest BCUT2D eigenvalue weighted by Gasteiger charge is 2.20. The van der Waals surface area contributed by atoms with E-state index in [0.29, 0.717) is 19.4 Å². The number of nitrogens with one attached hydrogen (secondary N) is 2. The van der Waals surface area contributed by atoms with Gasteiger partial charge in [-0.1, -0.05) is 49.4 Å². The number of anilines is 1. The van der Waals surface area contributed by atoms with Crippen molar-refractivity contribution >= 4 is 17.5 Å². The van der Waals surface area contributed by atoms with Crippen LogP contribution in [0.5, 0.6) is 0 Å². The molecule has 0 saturated carbocycles. The molecule has 0 aromatic heterocycles. The molecule has 5 heteroatoms. The van der Waals surface area contributed by atoms with Crippen LogP contribution in [-0.4, -0.2) is 43.4 Å². The number of hydrogen-bond acceptors (Lipinski definition) is 3. The number of likely N-dealkylation sites (N-methyl/N-ethyl adjacent to an activating group) is 1. The molecule has 0 aliphatic carbocycles. The zero-order valence-electron chi connectivity index (χ0n) is 16.9. The number of carbonyl (C=O) groups is 2. The standard InChI is InChI=1S/C23H29N3O2/c1-16(18-7-5-4-6-8-18)11-22(27)24-15-20(26(2)3)13-17-9-10-21-19(12-17)14-23(28)25-21/h4-10,12,16,20H,11,13-15H2,1-3H3,(H,24,27)(H,25,28). The predicted molar refractivity (Wildman–Crippen MR) is 112 cm³/mol. The van der Waals surface area contributed by atoms with Gasteiger partial charge in [0, 0.05) is 24.7 Å². The lowest BCUT2D eigenvalue weighted by Crippen LogP contribution is -2.41. The second-order valence-electron chi connectivity index (χ2n) is 7.86. The lowest BCUT2D eigenvalue weighted by atomic mass is 9.97. The molecule has 2 atom stereocenters. The third kappa shape index (κ3) is 5.20. The first-order chi connectivity index (χ1) is 13.4. The maximum atomic E-state index is 12.4. The minimum absolute atomic E-state index is 0.0520. The molecule has 5 nitrogen and oxygen atoms in total. The van der Waals surface area contributed by atoms with Gasteiger partial charge in [0.05, 0.1) is 6.42 Å². The summed E-state index contributed by atoms with van der Waals surface area (Å²) in [4.78, 5) is 26.1. The van der Waals surface area contributed by atoms with Crippen molar-refractivity contribution < 1.29 is 9.59 Å². The average molecular weight is 380 g/mol. The summed E-state index contributed by atoms with van der Waals surface area (Å²) >= 11 is 0. The maximum Gasteiger partial charge on any atom is 0.228 e. The zero-order valence-corrected chi connectivity index (χ0v) is 16.9. The monoisotopic (exact) mass is 379 g/mol. The van der Waals surface area contributed by atoms with Crippen LogP contribution in [0.25, 0.3) is 0 Å². The van der Waals surface area contributed by atoms with E-state index in [1.807, 2.05) is 38.4 Å². The lowest BCUT2D eigenvalue weighted by Gasteiger charge is -2.25. The van der Waals surface area contributed by atoms with Crippen molar-refractivity contribution in [1.29, 1.82) is 0 Å². The van der Waals surface area contributed by atoms with Crippen molar-refractivity contribution in [3.05, 3.63) is 65.2 Å². The quantitative estimate of drug-likeness (QED) is 0.741. The third-order valence-corrected chi connectivity index (χ3v) is 5.39. The Morgan fingerprint density at radius 2 is 1.93 bits per heavy atom. The fourth-order valence-corrected chi connectivity index (χ4v) is 3.60. The van der Waals surface area contributed by atoms with E-state index in [-0.39, 0.29) is 23.8 Å². The van der Waals surface area contributed by atoms with Crippen LogP contribution >= 0.6 is 0 Å². The SMILES string of the molecule is CC(CC(=O)NCC(Cc1ccc2c(c1)CC(=O)N2)N(C)C)c1ccccc1. The first-order valence-corrected chi connectivity index (χ1v) is 9.82. The maximum absolute atomic E-state index is 12.4. The molecular weight excluding hydrogens is 350 g/mol. The molecule has 1 aliphatic rings. The molecule has 0 spiro atoms. The molecule has 28 heavy (non-hydrogen) atoms. The first kappa shape index (κ1) is 20.1. The Labute approximate surface area is 167 Å². The summed E-state index contributed by atoms with van der Waals surface area (Å²) in [6, 6.07) is 16.5. The molecule has 0 radical (unpaired) electrons. The van der Waals surface area contributed by atoms with Gasteiger partial charge in [0.2, 0.25) is 11.8 Å². The Morgan fingerprint density at radius 1 is 1.18 bits per heavy atom. The summed E-state index contributed by atoms with van der Waals surface area (Å²) in [5.41, 5.74) is 4.34. The van der Waals surface area contributed by atoms with Crippen LogP contribution < -0.4 is 10.6 Å². The van der Waals surface area contributed by atoms with Crippen molar-refractivity contribution in [2.45, 2.75) is 38.1 Å². The minimum atomic E-state index is 0.0520. The molecule has 1 heterocycles. The molecule has 2 amide bonds. The van der Waals surface area contributed by atoms with Gasteiger partial charge in [-0.2, -0.15) is 0 Å². The number of amides is 2. The predicted octanol–water partition coefficient (Wildman–Crippen LogP) is 2.96. The average Bonchev–Trinajstić information content (AvgIpc) is 3.04. The van der Waals surface area contributed by atoms with Crippen molar-refractivity contribution in [3.8, 4) is 0 Å². The number of carbonyl (C=O) groups excluding carboxylic acids is 2. The van der Waals surface area contributed by atoms with E-state index < -0.39 is 0 Å². The summed E-state index contributed by atoms with van der Waals surface area (Å²) < 4.78 is 0. The molecule has 148 valence electrons. The Balaban J connectivity index is 1.54. The molecule has 2 unspecified atom stereocenters. The van der Waals surface area contributed by atoms with Crippen molar-refractivity contribution in [2.24, 2.45) is 0 Å². The van der Waals surface area contributed by atoms with Gasteiger partial charge in [-0.25, -0.2) is 0 Å². The van der Waals surface area contributed by atoms with Gasteiger partial charge in [-0.3, -0.25) is 9.59 Å².